The molecule has 2 aliphatic carbocycles. The highest BCUT2D eigenvalue weighted by Crippen LogP contribution is 2.56. The zero-order chi connectivity index (χ0) is 37.5. The van der Waals surface area contributed by atoms with Crippen LogP contribution in [0.25, 0.3) is 60.5 Å². The van der Waals surface area contributed by atoms with E-state index in [9.17, 15) is 0 Å². The molecule has 0 saturated carbocycles. The Kier molecular flexibility index (Phi) is 7.00. The summed E-state index contributed by atoms with van der Waals surface area (Å²) in [6, 6.07) is 76.5. The molecule has 0 atom stereocenters. The van der Waals surface area contributed by atoms with E-state index in [0.717, 1.165) is 35.6 Å². The average molecular weight is 727 g/mol. The first kappa shape index (κ1) is 32.1. The third-order valence-corrected chi connectivity index (χ3v) is 12.7. The number of aromatic nitrogens is 1. The fraction of sp³-hybridized carbons (Fsp3) is 0.0545. The quantitative estimate of drug-likeness (QED) is 0.171. The van der Waals surface area contributed by atoms with Crippen LogP contribution in [0.15, 0.2) is 206 Å². The molecule has 12 rings (SSSR count). The van der Waals surface area contributed by atoms with Crippen LogP contribution in [0.4, 0.5) is 17.1 Å². The molecule has 2 heteroatoms. The zero-order valence-electron chi connectivity index (χ0n) is 31.4. The van der Waals surface area contributed by atoms with Crippen molar-refractivity contribution in [3.05, 3.63) is 229 Å². The Labute approximate surface area is 332 Å². The Bertz CT molecular complexity index is 3180. The molecule has 0 aliphatic heterocycles. The van der Waals surface area contributed by atoms with Crippen molar-refractivity contribution in [2.24, 2.45) is 0 Å². The van der Waals surface area contributed by atoms with Crippen molar-refractivity contribution >= 4 is 49.6 Å². The predicted molar refractivity (Wildman–Crippen MR) is 238 cm³/mol. The molecule has 0 bridgehead atoms. The van der Waals surface area contributed by atoms with Gasteiger partial charge in [0.15, 0.2) is 0 Å². The number of anilines is 3. The van der Waals surface area contributed by atoms with Gasteiger partial charge in [-0.25, -0.2) is 0 Å². The number of rotatable bonds is 5. The second-order valence-electron chi connectivity index (χ2n) is 15.8. The van der Waals surface area contributed by atoms with Crippen LogP contribution in [0.1, 0.15) is 22.3 Å². The summed E-state index contributed by atoms with van der Waals surface area (Å²) in [6.45, 7) is 0. The number of para-hydroxylation sites is 2. The molecule has 0 unspecified atom stereocenters. The lowest BCUT2D eigenvalue weighted by Crippen LogP contribution is -2.25. The van der Waals surface area contributed by atoms with Crippen LogP contribution < -0.4 is 4.90 Å². The van der Waals surface area contributed by atoms with Gasteiger partial charge in [0.05, 0.1) is 11.0 Å². The van der Waals surface area contributed by atoms with Crippen LogP contribution in [0.2, 0.25) is 0 Å². The van der Waals surface area contributed by atoms with Crippen molar-refractivity contribution in [1.29, 1.82) is 0 Å². The van der Waals surface area contributed by atoms with Gasteiger partial charge in [0.25, 0.3) is 0 Å². The van der Waals surface area contributed by atoms with Gasteiger partial charge in [0.2, 0.25) is 0 Å². The standard InChI is InChI=1S/C55H38N2/c1-2-18-43(19-3-1)57-53-24-11-9-22-49(53)50-30-28-46(34-54(50)57)56(45-27-25-37-13-4-5-14-38(37)31-45)44-20-12-17-39(32-44)40-26-29-48-47-21-8-10-23-51(47)55(52(48)33-40)35-41-15-6-7-16-42(41)36-55/h1-34H,35-36H2. The van der Waals surface area contributed by atoms with Gasteiger partial charge in [-0.05, 0) is 129 Å². The molecule has 2 aliphatic rings. The van der Waals surface area contributed by atoms with Gasteiger partial charge >= 0.3 is 0 Å². The largest absolute Gasteiger partial charge is 0.310 e. The molecule has 57 heavy (non-hydrogen) atoms. The summed E-state index contributed by atoms with van der Waals surface area (Å²) < 4.78 is 2.41. The van der Waals surface area contributed by atoms with Crippen LogP contribution in [0.5, 0.6) is 0 Å². The van der Waals surface area contributed by atoms with Crippen molar-refractivity contribution in [1.82, 2.24) is 4.57 Å². The molecule has 0 saturated heterocycles. The third kappa shape index (κ3) is 4.90. The average Bonchev–Trinajstić information content (AvgIpc) is 3.92. The van der Waals surface area contributed by atoms with Crippen molar-refractivity contribution in [2.75, 3.05) is 4.90 Å². The fourth-order valence-electron chi connectivity index (χ4n) is 10.2. The second kappa shape index (κ2) is 12.4. The van der Waals surface area contributed by atoms with Crippen molar-refractivity contribution in [2.45, 2.75) is 18.3 Å². The monoisotopic (exact) mass is 726 g/mol. The summed E-state index contributed by atoms with van der Waals surface area (Å²) in [5.74, 6) is 0. The number of benzene rings is 9. The molecular weight excluding hydrogens is 689 g/mol. The Morgan fingerprint density at radius 2 is 1.04 bits per heavy atom. The van der Waals surface area contributed by atoms with Crippen molar-refractivity contribution in [3.63, 3.8) is 0 Å². The van der Waals surface area contributed by atoms with E-state index in [-0.39, 0.29) is 5.41 Å². The molecule has 0 amide bonds. The summed E-state index contributed by atoms with van der Waals surface area (Å²) in [7, 11) is 0. The zero-order valence-corrected chi connectivity index (χ0v) is 31.4. The van der Waals surface area contributed by atoms with E-state index in [1.54, 1.807) is 0 Å². The molecule has 1 heterocycles. The van der Waals surface area contributed by atoms with Crippen LogP contribution in [0.3, 0.4) is 0 Å². The van der Waals surface area contributed by atoms with E-state index in [2.05, 4.69) is 216 Å². The van der Waals surface area contributed by atoms with E-state index in [1.807, 2.05) is 0 Å². The van der Waals surface area contributed by atoms with Gasteiger partial charge in [-0.2, -0.15) is 0 Å². The fourth-order valence-corrected chi connectivity index (χ4v) is 10.2. The maximum absolute atomic E-state index is 2.51. The number of fused-ring (bicyclic) bond motifs is 10. The van der Waals surface area contributed by atoms with Crippen molar-refractivity contribution in [3.8, 4) is 27.9 Å². The molecule has 10 aromatic rings. The highest BCUT2D eigenvalue weighted by atomic mass is 15.1. The molecular formula is C55H38N2. The van der Waals surface area contributed by atoms with E-state index >= 15 is 0 Å². The highest BCUT2D eigenvalue weighted by Gasteiger charge is 2.47. The highest BCUT2D eigenvalue weighted by molar-refractivity contribution is 6.10. The SMILES string of the molecule is c1ccc(-n2c3ccccc3c3ccc(N(c4cccc(-c5ccc6c(c5)C5(Cc7ccccc7C5)c5ccccc5-6)c4)c4ccc5ccccc5c4)cc32)cc1. The van der Waals surface area contributed by atoms with Gasteiger partial charge in [-0.15, -0.1) is 0 Å². The summed E-state index contributed by atoms with van der Waals surface area (Å²) in [4.78, 5) is 2.43. The first-order chi connectivity index (χ1) is 28.2. The Balaban J connectivity index is 1.03. The molecule has 1 spiro atoms. The molecule has 2 nitrogen and oxygen atoms in total. The minimum atomic E-state index is -0.0486. The minimum Gasteiger partial charge on any atom is -0.310 e. The Morgan fingerprint density at radius 3 is 1.91 bits per heavy atom. The normalized spacial score (nSPS) is 13.6. The lowest BCUT2D eigenvalue weighted by atomic mass is 9.75. The van der Waals surface area contributed by atoms with Crippen molar-refractivity contribution < 1.29 is 0 Å². The number of hydrogen-bond acceptors (Lipinski definition) is 1. The molecule has 0 radical (unpaired) electrons. The summed E-state index contributed by atoms with van der Waals surface area (Å²) in [6.07, 6.45) is 2.07. The molecule has 0 N–H and O–H groups in total. The Hall–Kier alpha value is -7.16. The maximum Gasteiger partial charge on any atom is 0.0561 e. The molecule has 1 aromatic heterocycles. The summed E-state index contributed by atoms with van der Waals surface area (Å²) in [5.41, 5.74) is 17.9. The molecule has 268 valence electrons. The Morgan fingerprint density at radius 1 is 0.386 bits per heavy atom. The lowest BCUT2D eigenvalue weighted by molar-refractivity contribution is 0.564. The van der Waals surface area contributed by atoms with E-state index < -0.39 is 0 Å². The lowest BCUT2D eigenvalue weighted by Gasteiger charge is -2.28. The second-order valence-corrected chi connectivity index (χ2v) is 15.8. The van der Waals surface area contributed by atoms with Crippen LogP contribution >= 0.6 is 0 Å². The maximum atomic E-state index is 2.51. The molecule has 0 fully saturated rings. The minimum absolute atomic E-state index is 0.0486. The van der Waals surface area contributed by atoms with Gasteiger partial charge in [-0.3, -0.25) is 0 Å². The summed E-state index contributed by atoms with van der Waals surface area (Å²) >= 11 is 0. The third-order valence-electron chi connectivity index (χ3n) is 12.7. The van der Waals surface area contributed by atoms with Gasteiger partial charge in [0, 0.05) is 38.9 Å². The number of nitrogens with zero attached hydrogens (tertiary/aromatic N) is 2. The van der Waals surface area contributed by atoms with Gasteiger partial charge in [-0.1, -0.05) is 146 Å². The van der Waals surface area contributed by atoms with Crippen LogP contribution in [-0.2, 0) is 18.3 Å². The van der Waals surface area contributed by atoms with E-state index in [4.69, 9.17) is 0 Å². The smallest absolute Gasteiger partial charge is 0.0561 e. The topological polar surface area (TPSA) is 8.17 Å². The number of hydrogen-bond donors (Lipinski definition) is 0. The first-order valence-corrected chi connectivity index (χ1v) is 20.0. The van der Waals surface area contributed by atoms with Crippen LogP contribution in [-0.4, -0.2) is 4.57 Å². The van der Waals surface area contributed by atoms with Crippen LogP contribution in [0, 0.1) is 0 Å². The summed E-state index contributed by atoms with van der Waals surface area (Å²) in [5, 5.41) is 4.95. The van der Waals surface area contributed by atoms with E-state index in [1.165, 1.54) is 77.1 Å². The first-order valence-electron chi connectivity index (χ1n) is 20.0. The van der Waals surface area contributed by atoms with Gasteiger partial charge in [0.1, 0.15) is 0 Å². The predicted octanol–water partition coefficient (Wildman–Crippen LogP) is 14.1. The van der Waals surface area contributed by atoms with E-state index in [0.29, 0.717) is 0 Å². The molecule has 9 aromatic carbocycles. The van der Waals surface area contributed by atoms with Gasteiger partial charge < -0.3 is 9.47 Å².